The van der Waals surface area contributed by atoms with Crippen LogP contribution < -0.4 is 16.6 Å². The Labute approximate surface area is 197 Å². The fraction of sp³-hybridized carbons (Fsp3) is 0.182. The smallest absolute Gasteiger partial charge is 0.333 e. The topological polar surface area (TPSA) is 106 Å². The summed E-state index contributed by atoms with van der Waals surface area (Å²) in [6.07, 6.45) is 0. The van der Waals surface area contributed by atoms with Crippen molar-refractivity contribution in [2.24, 2.45) is 19.1 Å². The first kappa shape index (κ1) is 24.3. The van der Waals surface area contributed by atoms with Crippen LogP contribution in [-0.4, -0.2) is 30.9 Å². The van der Waals surface area contributed by atoms with E-state index in [0.29, 0.717) is 22.0 Å². The van der Waals surface area contributed by atoms with E-state index in [-0.39, 0.29) is 16.4 Å². The van der Waals surface area contributed by atoms with Crippen molar-refractivity contribution in [2.45, 2.75) is 6.92 Å². The van der Waals surface area contributed by atoms with Crippen molar-refractivity contribution in [3.8, 4) is 5.88 Å². The SMILES string of the molecule is Cc1c(Cl)cccc1NC(=O)CSC(=Nc1ccc(F)cc1)c1c(O)n(C)c(=O)n(C)c1=O. The van der Waals surface area contributed by atoms with E-state index in [4.69, 9.17) is 11.6 Å². The molecule has 2 N–H and O–H groups in total. The standard InChI is InChI=1S/C22H20ClFN4O4S/c1-12-15(23)5-4-6-16(12)26-17(29)11-33-19(25-14-9-7-13(24)8-10-14)18-20(30)27(2)22(32)28(3)21(18)31/h4-10,30H,11H2,1-3H3,(H,26,29). The average Bonchev–Trinajstić information content (AvgIpc) is 2.79. The summed E-state index contributed by atoms with van der Waals surface area (Å²) in [4.78, 5) is 41.8. The third-order valence-corrected chi connectivity index (χ3v) is 6.17. The number of hydrogen-bond donors (Lipinski definition) is 2. The molecule has 3 rings (SSSR count). The molecule has 1 heterocycles. The van der Waals surface area contributed by atoms with E-state index in [1.165, 1.54) is 38.4 Å². The van der Waals surface area contributed by atoms with Crippen LogP contribution in [0.5, 0.6) is 5.88 Å². The van der Waals surface area contributed by atoms with Crippen molar-refractivity contribution in [1.29, 1.82) is 0 Å². The number of rotatable bonds is 5. The summed E-state index contributed by atoms with van der Waals surface area (Å²) in [5.74, 6) is -1.64. The van der Waals surface area contributed by atoms with Gasteiger partial charge in [-0.05, 0) is 48.9 Å². The molecule has 0 aliphatic rings. The lowest BCUT2D eigenvalue weighted by Gasteiger charge is -2.13. The largest absolute Gasteiger partial charge is 0.494 e. The van der Waals surface area contributed by atoms with E-state index >= 15 is 0 Å². The summed E-state index contributed by atoms with van der Waals surface area (Å²) in [7, 11) is 2.57. The molecule has 0 bridgehead atoms. The molecule has 1 aromatic heterocycles. The average molecular weight is 491 g/mol. The summed E-state index contributed by atoms with van der Waals surface area (Å²) < 4.78 is 15.0. The van der Waals surface area contributed by atoms with Gasteiger partial charge in [-0.2, -0.15) is 0 Å². The highest BCUT2D eigenvalue weighted by Gasteiger charge is 2.22. The number of aliphatic imine (C=N–C) groups is 1. The Morgan fingerprint density at radius 3 is 2.48 bits per heavy atom. The van der Waals surface area contributed by atoms with Gasteiger partial charge in [-0.1, -0.05) is 29.4 Å². The second-order valence-corrected chi connectivity index (χ2v) is 8.42. The number of carbonyl (C=O) groups excluding carboxylic acids is 1. The monoisotopic (exact) mass is 490 g/mol. The van der Waals surface area contributed by atoms with Crippen molar-refractivity contribution in [1.82, 2.24) is 9.13 Å². The number of carbonyl (C=O) groups is 1. The van der Waals surface area contributed by atoms with Crippen LogP contribution in [0.15, 0.2) is 57.0 Å². The van der Waals surface area contributed by atoms with Crippen LogP contribution in [0.3, 0.4) is 0 Å². The number of anilines is 1. The second-order valence-electron chi connectivity index (χ2n) is 7.05. The molecule has 0 atom stereocenters. The van der Waals surface area contributed by atoms with Crippen molar-refractivity contribution in [2.75, 3.05) is 11.1 Å². The van der Waals surface area contributed by atoms with Gasteiger partial charge in [-0.3, -0.25) is 18.7 Å². The Morgan fingerprint density at radius 2 is 1.82 bits per heavy atom. The number of benzene rings is 2. The lowest BCUT2D eigenvalue weighted by Crippen LogP contribution is -2.39. The molecule has 0 saturated heterocycles. The number of halogens is 2. The van der Waals surface area contributed by atoms with Crippen molar-refractivity contribution in [3.63, 3.8) is 0 Å². The van der Waals surface area contributed by atoms with Crippen LogP contribution in [0, 0.1) is 12.7 Å². The maximum absolute atomic E-state index is 13.3. The van der Waals surface area contributed by atoms with Crippen molar-refractivity contribution < 1.29 is 14.3 Å². The van der Waals surface area contributed by atoms with Gasteiger partial charge < -0.3 is 10.4 Å². The summed E-state index contributed by atoms with van der Waals surface area (Å²) in [6.45, 7) is 1.76. The molecule has 0 aliphatic heterocycles. The Hall–Kier alpha value is -3.37. The highest BCUT2D eigenvalue weighted by atomic mass is 35.5. The molecule has 2 aromatic carbocycles. The van der Waals surface area contributed by atoms with Crippen molar-refractivity contribution in [3.05, 3.63) is 85.3 Å². The molecule has 172 valence electrons. The molecule has 0 unspecified atom stereocenters. The van der Waals surface area contributed by atoms with Crippen LogP contribution >= 0.6 is 23.4 Å². The number of nitrogens with one attached hydrogen (secondary N) is 1. The summed E-state index contributed by atoms with van der Waals surface area (Å²) in [5, 5.41) is 13.8. The minimum Gasteiger partial charge on any atom is -0.494 e. The molecule has 0 spiro atoms. The fourth-order valence-corrected chi connectivity index (χ4v) is 3.88. The van der Waals surface area contributed by atoms with Crippen LogP contribution in [0.1, 0.15) is 11.1 Å². The highest BCUT2D eigenvalue weighted by Crippen LogP contribution is 2.25. The van der Waals surface area contributed by atoms with Crippen LogP contribution in [0.25, 0.3) is 0 Å². The highest BCUT2D eigenvalue weighted by molar-refractivity contribution is 8.15. The molecule has 0 radical (unpaired) electrons. The normalized spacial score (nSPS) is 11.5. The van der Waals surface area contributed by atoms with Crippen molar-refractivity contribution >= 4 is 45.7 Å². The maximum atomic E-state index is 13.3. The first-order valence-electron chi connectivity index (χ1n) is 9.61. The third kappa shape index (κ3) is 5.35. The van der Waals surface area contributed by atoms with Gasteiger partial charge in [-0.15, -0.1) is 0 Å². The fourth-order valence-electron chi connectivity index (χ4n) is 2.88. The molecule has 33 heavy (non-hydrogen) atoms. The Balaban J connectivity index is 1.98. The number of nitrogens with zero attached hydrogens (tertiary/aromatic N) is 3. The van der Waals surface area contributed by atoms with Gasteiger partial charge in [0.15, 0.2) is 0 Å². The predicted molar refractivity (Wildman–Crippen MR) is 128 cm³/mol. The van der Waals surface area contributed by atoms with Gasteiger partial charge in [0, 0.05) is 24.8 Å². The molecular formula is C22H20ClFN4O4S. The maximum Gasteiger partial charge on any atom is 0.333 e. The molecule has 1 amide bonds. The van der Waals surface area contributed by atoms with Crippen LogP contribution in [0.4, 0.5) is 15.8 Å². The van der Waals surface area contributed by atoms with E-state index in [1.807, 2.05) is 0 Å². The molecular weight excluding hydrogens is 471 g/mol. The second kappa shape index (κ2) is 10.1. The number of amides is 1. The number of hydrogen-bond acceptors (Lipinski definition) is 6. The lowest BCUT2D eigenvalue weighted by atomic mass is 10.2. The molecule has 3 aromatic rings. The van der Waals surface area contributed by atoms with E-state index in [1.54, 1.807) is 25.1 Å². The molecule has 8 nitrogen and oxygen atoms in total. The lowest BCUT2D eigenvalue weighted by molar-refractivity contribution is -0.113. The molecule has 11 heteroatoms. The van der Waals surface area contributed by atoms with Gasteiger partial charge in [0.05, 0.1) is 11.4 Å². The Morgan fingerprint density at radius 1 is 1.15 bits per heavy atom. The van der Waals surface area contributed by atoms with E-state index in [2.05, 4.69) is 10.3 Å². The first-order chi connectivity index (χ1) is 15.6. The van der Waals surface area contributed by atoms with Gasteiger partial charge in [0.1, 0.15) is 16.4 Å². The van der Waals surface area contributed by atoms with E-state index < -0.39 is 28.9 Å². The number of aromatic hydroxyl groups is 1. The van der Waals surface area contributed by atoms with Crippen LogP contribution in [0.2, 0.25) is 5.02 Å². The zero-order chi connectivity index (χ0) is 24.3. The van der Waals surface area contributed by atoms with E-state index in [9.17, 15) is 23.9 Å². The Bertz CT molecular complexity index is 1370. The minimum atomic E-state index is -0.782. The van der Waals surface area contributed by atoms with Gasteiger partial charge in [0.25, 0.3) is 5.56 Å². The zero-order valence-electron chi connectivity index (χ0n) is 17.9. The van der Waals surface area contributed by atoms with Crippen LogP contribution in [-0.2, 0) is 18.9 Å². The number of aromatic nitrogens is 2. The molecule has 0 aliphatic carbocycles. The van der Waals surface area contributed by atoms with Gasteiger partial charge in [0.2, 0.25) is 11.8 Å². The first-order valence-corrected chi connectivity index (χ1v) is 11.0. The predicted octanol–water partition coefficient (Wildman–Crippen LogP) is 3.34. The zero-order valence-corrected chi connectivity index (χ0v) is 19.5. The Kier molecular flexibility index (Phi) is 7.39. The van der Waals surface area contributed by atoms with Gasteiger partial charge >= 0.3 is 5.69 Å². The number of thioether (sulfide) groups is 1. The third-order valence-electron chi connectivity index (χ3n) is 4.79. The quantitative estimate of drug-likeness (QED) is 0.421. The summed E-state index contributed by atoms with van der Waals surface area (Å²) in [6, 6.07) is 10.2. The summed E-state index contributed by atoms with van der Waals surface area (Å²) in [5.41, 5.74) is -0.231. The van der Waals surface area contributed by atoms with E-state index in [0.717, 1.165) is 20.9 Å². The molecule has 0 saturated carbocycles. The van der Waals surface area contributed by atoms with Gasteiger partial charge in [-0.25, -0.2) is 14.2 Å². The summed E-state index contributed by atoms with van der Waals surface area (Å²) >= 11 is 6.97. The minimum absolute atomic E-state index is 0.00623. The molecule has 0 fully saturated rings.